The molecule has 3 amide bonds. The van der Waals surface area contributed by atoms with Gasteiger partial charge in [0.2, 0.25) is 11.8 Å². The highest BCUT2D eigenvalue weighted by atomic mass is 16.5. The fraction of sp³-hybridized carbons (Fsp3) is 0.312. The third-order valence-electron chi connectivity index (χ3n) is 6.63. The van der Waals surface area contributed by atoms with Gasteiger partial charge in [-0.2, -0.15) is 0 Å². The van der Waals surface area contributed by atoms with Gasteiger partial charge in [-0.05, 0) is 62.9 Å². The molecule has 0 radical (unpaired) electrons. The number of nitrogens with one attached hydrogen (secondary N) is 2. The molecule has 0 fully saturated rings. The van der Waals surface area contributed by atoms with E-state index in [4.69, 9.17) is 4.74 Å². The van der Waals surface area contributed by atoms with Gasteiger partial charge in [0.1, 0.15) is 18.3 Å². The van der Waals surface area contributed by atoms with Crippen molar-refractivity contribution in [3.63, 3.8) is 0 Å². The van der Waals surface area contributed by atoms with E-state index in [2.05, 4.69) is 15.6 Å². The lowest BCUT2D eigenvalue weighted by molar-refractivity contribution is -0.137. The summed E-state index contributed by atoms with van der Waals surface area (Å²) in [5.41, 5.74) is 1.43. The third kappa shape index (κ3) is 9.77. The zero-order valence-electron chi connectivity index (χ0n) is 24.6. The van der Waals surface area contributed by atoms with Crippen LogP contribution < -0.4 is 21.1 Å². The predicted octanol–water partition coefficient (Wildman–Crippen LogP) is 2.57. The number of anilines is 1. The first-order valence-electron chi connectivity index (χ1n) is 14.0. The van der Waals surface area contributed by atoms with Crippen LogP contribution >= 0.6 is 0 Å². The number of carbonyl (C=O) groups is 4. The molecule has 0 aliphatic heterocycles. The van der Waals surface area contributed by atoms with Crippen LogP contribution in [0.25, 0.3) is 0 Å². The summed E-state index contributed by atoms with van der Waals surface area (Å²) in [4.78, 5) is 69.4. The molecule has 0 saturated carbocycles. The molecule has 43 heavy (non-hydrogen) atoms. The average Bonchev–Trinajstić information content (AvgIpc) is 3.01. The zero-order valence-corrected chi connectivity index (χ0v) is 24.6. The lowest BCUT2D eigenvalue weighted by Crippen LogP contribution is -2.49. The molecule has 0 bridgehead atoms. The largest absolute Gasteiger partial charge is 0.463 e. The maximum Gasteiger partial charge on any atom is 0.330 e. The van der Waals surface area contributed by atoms with Crippen molar-refractivity contribution in [3.05, 3.63) is 106 Å². The number of aromatic nitrogens is 2. The highest BCUT2D eigenvalue weighted by molar-refractivity contribution is 6.02. The van der Waals surface area contributed by atoms with Gasteiger partial charge in [-0.1, -0.05) is 36.4 Å². The van der Waals surface area contributed by atoms with Crippen molar-refractivity contribution in [2.24, 2.45) is 0 Å². The van der Waals surface area contributed by atoms with Crippen molar-refractivity contribution < 1.29 is 23.9 Å². The summed E-state index contributed by atoms with van der Waals surface area (Å²) in [5.74, 6) is -1.89. The van der Waals surface area contributed by atoms with E-state index in [0.717, 1.165) is 5.56 Å². The number of esters is 1. The van der Waals surface area contributed by atoms with Gasteiger partial charge in [0, 0.05) is 37.8 Å². The summed E-state index contributed by atoms with van der Waals surface area (Å²) < 4.78 is 6.18. The maximum absolute atomic E-state index is 13.6. The molecule has 0 aliphatic rings. The molecule has 2 N–H and O–H groups in total. The number of likely N-dealkylation sites (N-methyl/N-ethyl adjacent to an activating group) is 1. The molecule has 2 heterocycles. The van der Waals surface area contributed by atoms with Gasteiger partial charge < -0.3 is 24.8 Å². The number of allylic oxidation sites excluding steroid dienone is 1. The van der Waals surface area contributed by atoms with Crippen molar-refractivity contribution in [2.75, 3.05) is 25.1 Å². The van der Waals surface area contributed by atoms with Crippen molar-refractivity contribution in [1.29, 1.82) is 0 Å². The monoisotopic (exact) mass is 587 g/mol. The van der Waals surface area contributed by atoms with Gasteiger partial charge in [0.25, 0.3) is 11.5 Å². The van der Waals surface area contributed by atoms with Crippen LogP contribution in [0.1, 0.15) is 41.4 Å². The fourth-order valence-corrected chi connectivity index (χ4v) is 4.28. The van der Waals surface area contributed by atoms with Crippen LogP contribution in [0.3, 0.4) is 0 Å². The normalized spacial score (nSPS) is 11.5. The number of ether oxygens (including phenoxy) is 1. The van der Waals surface area contributed by atoms with Crippen LogP contribution in [0.2, 0.25) is 0 Å². The molecule has 0 spiro atoms. The first kappa shape index (κ1) is 32.5. The van der Waals surface area contributed by atoms with Crippen LogP contribution in [-0.4, -0.2) is 59.5 Å². The zero-order chi connectivity index (χ0) is 31.2. The molecule has 3 aromatic rings. The number of nitrogens with zero attached hydrogens (tertiary/aromatic N) is 3. The number of pyridine rings is 2. The number of amides is 3. The van der Waals surface area contributed by atoms with E-state index in [-0.39, 0.29) is 43.2 Å². The molecule has 0 unspecified atom stereocenters. The van der Waals surface area contributed by atoms with Crippen molar-refractivity contribution in [3.8, 4) is 0 Å². The minimum Gasteiger partial charge on any atom is -0.463 e. The van der Waals surface area contributed by atoms with Crippen LogP contribution in [0, 0.1) is 6.92 Å². The Hall–Kier alpha value is -5.06. The number of carbonyl (C=O) groups excluding carboxylic acids is 4. The average molecular weight is 588 g/mol. The number of rotatable bonds is 14. The quantitative estimate of drug-likeness (QED) is 0.218. The molecule has 1 atom stereocenters. The molecule has 0 saturated heterocycles. The number of hydrogen-bond donors (Lipinski definition) is 2. The second-order valence-corrected chi connectivity index (χ2v) is 9.73. The molecule has 2 aromatic heterocycles. The van der Waals surface area contributed by atoms with E-state index >= 15 is 0 Å². The van der Waals surface area contributed by atoms with E-state index in [1.165, 1.54) is 41.1 Å². The minimum absolute atomic E-state index is 0.0513. The molecule has 226 valence electrons. The Morgan fingerprint density at radius 2 is 1.84 bits per heavy atom. The highest BCUT2D eigenvalue weighted by Gasteiger charge is 2.27. The van der Waals surface area contributed by atoms with Crippen molar-refractivity contribution in [2.45, 2.75) is 45.7 Å². The summed E-state index contributed by atoms with van der Waals surface area (Å²) in [7, 11) is 1.44. The Morgan fingerprint density at radius 1 is 1.07 bits per heavy atom. The SMILES string of the molecule is CCOC(=O)/C=C/CC[C@H](NC(=O)c1cccnc1)C(=O)N(C)c1ccc(C)n(CC(=O)NCCc2ccccc2)c1=O. The van der Waals surface area contributed by atoms with Crippen LogP contribution in [0.5, 0.6) is 0 Å². The topological polar surface area (TPSA) is 140 Å². The highest BCUT2D eigenvalue weighted by Crippen LogP contribution is 2.13. The predicted molar refractivity (Wildman–Crippen MR) is 163 cm³/mol. The van der Waals surface area contributed by atoms with Crippen LogP contribution in [0.15, 0.2) is 83.9 Å². The molecule has 11 nitrogen and oxygen atoms in total. The van der Waals surface area contributed by atoms with Gasteiger partial charge in [-0.25, -0.2) is 4.79 Å². The van der Waals surface area contributed by atoms with E-state index < -0.39 is 29.4 Å². The van der Waals surface area contributed by atoms with E-state index in [1.807, 2.05) is 30.3 Å². The summed E-state index contributed by atoms with van der Waals surface area (Å²) in [6, 6.07) is 15.0. The first-order valence-corrected chi connectivity index (χ1v) is 14.0. The number of hydrogen-bond acceptors (Lipinski definition) is 7. The maximum atomic E-state index is 13.6. The van der Waals surface area contributed by atoms with Crippen molar-refractivity contribution in [1.82, 2.24) is 20.2 Å². The molecule has 0 aliphatic carbocycles. The smallest absolute Gasteiger partial charge is 0.330 e. The molecular formula is C32H37N5O6. The van der Waals surface area contributed by atoms with Crippen LogP contribution in [-0.2, 0) is 32.1 Å². The van der Waals surface area contributed by atoms with E-state index in [0.29, 0.717) is 18.7 Å². The van der Waals surface area contributed by atoms with Crippen molar-refractivity contribution >= 4 is 29.4 Å². The third-order valence-corrected chi connectivity index (χ3v) is 6.63. The standard InChI is InChI=1S/C32H37N5O6/c1-4-43-29(39)15-9-8-14-26(35-30(40)25-13-10-19-33-21-25)31(41)36(3)27-17-16-23(2)37(32(27)42)22-28(38)34-20-18-24-11-6-5-7-12-24/h5-7,9-13,15-17,19,21,26H,4,8,14,18,20,22H2,1-3H3,(H,34,38)(H,35,40)/b15-9+/t26-/m0/s1. The Morgan fingerprint density at radius 3 is 2.53 bits per heavy atom. The lowest BCUT2D eigenvalue weighted by Gasteiger charge is -2.25. The summed E-state index contributed by atoms with van der Waals surface area (Å²) in [5, 5.41) is 5.55. The molecular weight excluding hydrogens is 550 g/mol. The van der Waals surface area contributed by atoms with E-state index in [9.17, 15) is 24.0 Å². The second-order valence-electron chi connectivity index (χ2n) is 9.73. The lowest BCUT2D eigenvalue weighted by atomic mass is 10.1. The Labute approximate surface area is 250 Å². The molecule has 11 heteroatoms. The number of benzene rings is 1. The molecule has 3 rings (SSSR count). The second kappa shape index (κ2) is 16.4. The summed E-state index contributed by atoms with van der Waals surface area (Å²) >= 11 is 0. The first-order chi connectivity index (χ1) is 20.7. The van der Waals surface area contributed by atoms with Gasteiger partial charge in [-0.3, -0.25) is 24.2 Å². The number of aryl methyl sites for hydroxylation is 1. The van der Waals surface area contributed by atoms with E-state index in [1.54, 1.807) is 38.1 Å². The summed E-state index contributed by atoms with van der Waals surface area (Å²) in [6.07, 6.45) is 6.81. The van der Waals surface area contributed by atoms with Crippen LogP contribution in [0.4, 0.5) is 5.69 Å². The minimum atomic E-state index is -1.03. The fourth-order valence-electron chi connectivity index (χ4n) is 4.28. The Bertz CT molecular complexity index is 1490. The van der Waals surface area contributed by atoms with Gasteiger partial charge in [0.05, 0.1) is 12.2 Å². The van der Waals surface area contributed by atoms with Gasteiger partial charge >= 0.3 is 5.97 Å². The Balaban J connectivity index is 1.74. The van der Waals surface area contributed by atoms with Gasteiger partial charge in [0.15, 0.2) is 0 Å². The molecule has 1 aromatic carbocycles. The Kier molecular flexibility index (Phi) is 12.4. The summed E-state index contributed by atoms with van der Waals surface area (Å²) in [6.45, 7) is 3.84. The van der Waals surface area contributed by atoms with Gasteiger partial charge in [-0.15, -0.1) is 0 Å².